The molecule has 2 aromatic carbocycles. The van der Waals surface area contributed by atoms with Gasteiger partial charge >= 0.3 is 0 Å². The fraction of sp³-hybridized carbons (Fsp3) is 0.190. The molecule has 1 atom stereocenters. The molecule has 0 aliphatic rings. The molecular weight excluding hydrogens is 427 g/mol. The van der Waals surface area contributed by atoms with Gasteiger partial charge in [-0.15, -0.1) is 16.8 Å². The molecule has 0 fully saturated rings. The lowest BCUT2D eigenvalue weighted by Gasteiger charge is -2.15. The third-order valence-corrected chi connectivity index (χ3v) is 5.85. The summed E-state index contributed by atoms with van der Waals surface area (Å²) in [6, 6.07) is 14.1. The minimum atomic E-state index is -0.333. The number of benzene rings is 2. The minimum absolute atomic E-state index is 0.201. The lowest BCUT2D eigenvalue weighted by atomic mass is 10.2. The maximum absolute atomic E-state index is 12.5. The Balaban J connectivity index is 1.74. The highest BCUT2D eigenvalue weighted by Crippen LogP contribution is 2.27. The number of thioether (sulfide) groups is 1. The Morgan fingerprint density at radius 3 is 2.62 bits per heavy atom. The summed E-state index contributed by atoms with van der Waals surface area (Å²) in [6.07, 6.45) is 1.78. The Labute approximate surface area is 184 Å². The number of rotatable bonds is 8. The van der Waals surface area contributed by atoms with E-state index in [9.17, 15) is 4.79 Å². The first-order chi connectivity index (χ1) is 14.0. The summed E-state index contributed by atoms with van der Waals surface area (Å²) in [4.78, 5) is 12.5. The number of halogens is 2. The number of aromatic nitrogens is 3. The summed E-state index contributed by atoms with van der Waals surface area (Å²) < 4.78 is 1.95. The van der Waals surface area contributed by atoms with Crippen LogP contribution in [-0.2, 0) is 12.3 Å². The Hall–Kier alpha value is -2.28. The second kappa shape index (κ2) is 9.96. The normalized spacial score (nSPS) is 11.8. The van der Waals surface area contributed by atoms with E-state index in [2.05, 4.69) is 22.1 Å². The molecular formula is C21H20Cl2N4OS. The Bertz CT molecular complexity index is 1000. The van der Waals surface area contributed by atoms with Crippen molar-refractivity contribution >= 4 is 40.9 Å². The van der Waals surface area contributed by atoms with Crippen LogP contribution in [0.15, 0.2) is 66.3 Å². The van der Waals surface area contributed by atoms with Crippen molar-refractivity contribution in [2.45, 2.75) is 30.4 Å². The van der Waals surface area contributed by atoms with Crippen molar-refractivity contribution in [1.29, 1.82) is 0 Å². The van der Waals surface area contributed by atoms with E-state index < -0.39 is 0 Å². The quantitative estimate of drug-likeness (QED) is 0.363. The number of nitrogens with one attached hydrogen (secondary N) is 1. The van der Waals surface area contributed by atoms with E-state index >= 15 is 0 Å². The van der Waals surface area contributed by atoms with Gasteiger partial charge in [0, 0.05) is 27.9 Å². The molecule has 0 aliphatic carbocycles. The van der Waals surface area contributed by atoms with Gasteiger partial charge in [0.05, 0.1) is 6.04 Å². The summed E-state index contributed by atoms with van der Waals surface area (Å²) in [7, 11) is 0. The average Bonchev–Trinajstić information content (AvgIpc) is 3.11. The first-order valence-corrected chi connectivity index (χ1v) is 10.7. The SMILES string of the molecule is C=CCn1c(SCc2ccccc2Cl)nnc1C(C)NC(=O)c1ccc(Cl)cc1. The molecule has 8 heteroatoms. The first kappa shape index (κ1) is 21.4. The topological polar surface area (TPSA) is 59.8 Å². The third kappa shape index (κ3) is 5.41. The van der Waals surface area contributed by atoms with E-state index in [1.165, 1.54) is 11.8 Å². The summed E-state index contributed by atoms with van der Waals surface area (Å²) in [5, 5.41) is 13.6. The third-order valence-electron chi connectivity index (χ3n) is 4.21. The zero-order valence-electron chi connectivity index (χ0n) is 15.8. The van der Waals surface area contributed by atoms with Gasteiger partial charge in [-0.3, -0.25) is 4.79 Å². The van der Waals surface area contributed by atoms with Crippen LogP contribution in [0, 0.1) is 0 Å². The maximum Gasteiger partial charge on any atom is 0.251 e. The van der Waals surface area contributed by atoms with Crippen LogP contribution in [0.4, 0.5) is 0 Å². The molecule has 1 N–H and O–H groups in total. The molecule has 0 spiro atoms. The molecule has 3 aromatic rings. The number of nitrogens with zero attached hydrogens (tertiary/aromatic N) is 3. The lowest BCUT2D eigenvalue weighted by Crippen LogP contribution is -2.28. The second-order valence-corrected chi connectivity index (χ2v) is 8.11. The fourth-order valence-electron chi connectivity index (χ4n) is 2.73. The highest BCUT2D eigenvalue weighted by Gasteiger charge is 2.20. The molecule has 3 rings (SSSR count). The molecule has 0 bridgehead atoms. The standard InChI is InChI=1S/C21H20Cl2N4OS/c1-3-12-27-19(14(2)24-20(28)15-8-10-17(22)11-9-15)25-26-21(27)29-13-16-6-4-5-7-18(16)23/h3-11,14H,1,12-13H2,2H3,(H,24,28). The number of hydrogen-bond acceptors (Lipinski definition) is 4. The predicted octanol–water partition coefficient (Wildman–Crippen LogP) is 5.55. The summed E-state index contributed by atoms with van der Waals surface area (Å²) in [6.45, 7) is 6.23. The van der Waals surface area contributed by atoms with Gasteiger partial charge in [0.2, 0.25) is 0 Å². The summed E-state index contributed by atoms with van der Waals surface area (Å²) in [5.41, 5.74) is 1.56. The van der Waals surface area contributed by atoms with Crippen LogP contribution in [0.5, 0.6) is 0 Å². The van der Waals surface area contributed by atoms with Crippen molar-refractivity contribution in [3.05, 3.63) is 88.2 Å². The van der Waals surface area contributed by atoms with Crippen molar-refractivity contribution in [3.63, 3.8) is 0 Å². The van der Waals surface area contributed by atoms with Crippen molar-refractivity contribution in [2.24, 2.45) is 0 Å². The van der Waals surface area contributed by atoms with Crippen LogP contribution in [0.25, 0.3) is 0 Å². The van der Waals surface area contributed by atoms with Crippen molar-refractivity contribution < 1.29 is 4.79 Å². The molecule has 1 heterocycles. The number of carbonyl (C=O) groups is 1. The van der Waals surface area contributed by atoms with Gasteiger partial charge in [0.25, 0.3) is 5.91 Å². The van der Waals surface area contributed by atoms with E-state index in [0.717, 1.165) is 15.7 Å². The van der Waals surface area contributed by atoms with Crippen LogP contribution in [-0.4, -0.2) is 20.7 Å². The van der Waals surface area contributed by atoms with Gasteiger partial charge in [0.15, 0.2) is 11.0 Å². The smallest absolute Gasteiger partial charge is 0.251 e. The second-order valence-electron chi connectivity index (χ2n) is 6.32. The first-order valence-electron chi connectivity index (χ1n) is 8.96. The largest absolute Gasteiger partial charge is 0.342 e. The van der Waals surface area contributed by atoms with Crippen LogP contribution in [0.2, 0.25) is 10.0 Å². The predicted molar refractivity (Wildman–Crippen MR) is 119 cm³/mol. The summed E-state index contributed by atoms with van der Waals surface area (Å²) in [5.74, 6) is 1.13. The Kier molecular flexibility index (Phi) is 7.36. The van der Waals surface area contributed by atoms with Gasteiger partial charge < -0.3 is 9.88 Å². The van der Waals surface area contributed by atoms with Crippen LogP contribution >= 0.6 is 35.0 Å². The van der Waals surface area contributed by atoms with Crippen molar-refractivity contribution in [2.75, 3.05) is 0 Å². The van der Waals surface area contributed by atoms with E-state index in [1.807, 2.05) is 35.8 Å². The lowest BCUT2D eigenvalue weighted by molar-refractivity contribution is 0.0937. The minimum Gasteiger partial charge on any atom is -0.342 e. The molecule has 1 amide bonds. The molecule has 29 heavy (non-hydrogen) atoms. The molecule has 5 nitrogen and oxygen atoms in total. The molecule has 0 saturated heterocycles. The zero-order chi connectivity index (χ0) is 20.8. The van der Waals surface area contributed by atoms with Crippen LogP contribution in [0.1, 0.15) is 34.7 Å². The number of allylic oxidation sites excluding steroid dienone is 1. The van der Waals surface area contributed by atoms with Crippen molar-refractivity contribution in [3.8, 4) is 0 Å². The van der Waals surface area contributed by atoms with Gasteiger partial charge in [-0.05, 0) is 42.8 Å². The average molecular weight is 447 g/mol. The highest BCUT2D eigenvalue weighted by molar-refractivity contribution is 7.98. The zero-order valence-corrected chi connectivity index (χ0v) is 18.1. The van der Waals surface area contributed by atoms with Crippen LogP contribution < -0.4 is 5.32 Å². The van der Waals surface area contributed by atoms with E-state index in [-0.39, 0.29) is 11.9 Å². The monoisotopic (exact) mass is 446 g/mol. The number of hydrogen-bond donors (Lipinski definition) is 1. The molecule has 0 aliphatic heterocycles. The Morgan fingerprint density at radius 1 is 1.21 bits per heavy atom. The highest BCUT2D eigenvalue weighted by atomic mass is 35.5. The molecule has 0 radical (unpaired) electrons. The number of amides is 1. The van der Waals surface area contributed by atoms with Gasteiger partial charge in [-0.2, -0.15) is 0 Å². The molecule has 150 valence electrons. The van der Waals surface area contributed by atoms with E-state index in [4.69, 9.17) is 23.2 Å². The van der Waals surface area contributed by atoms with Gasteiger partial charge in [-0.25, -0.2) is 0 Å². The fourth-order valence-corrected chi connectivity index (χ4v) is 4.10. The van der Waals surface area contributed by atoms with Gasteiger partial charge in [-0.1, -0.05) is 59.2 Å². The summed E-state index contributed by atoms with van der Waals surface area (Å²) >= 11 is 13.7. The molecule has 0 saturated carbocycles. The number of carbonyl (C=O) groups excluding carboxylic acids is 1. The Morgan fingerprint density at radius 2 is 1.93 bits per heavy atom. The molecule has 1 aromatic heterocycles. The maximum atomic E-state index is 12.5. The van der Waals surface area contributed by atoms with E-state index in [0.29, 0.717) is 28.7 Å². The van der Waals surface area contributed by atoms with Gasteiger partial charge in [0.1, 0.15) is 0 Å². The van der Waals surface area contributed by atoms with Crippen LogP contribution in [0.3, 0.4) is 0 Å². The van der Waals surface area contributed by atoms with E-state index in [1.54, 1.807) is 30.3 Å². The van der Waals surface area contributed by atoms with Crippen molar-refractivity contribution in [1.82, 2.24) is 20.1 Å². The molecule has 1 unspecified atom stereocenters.